The van der Waals surface area contributed by atoms with Gasteiger partial charge in [-0.3, -0.25) is 4.40 Å². The third-order valence-electron chi connectivity index (χ3n) is 3.12. The lowest BCUT2D eigenvalue weighted by atomic mass is 10.3. The minimum absolute atomic E-state index is 0.538. The lowest BCUT2D eigenvalue weighted by molar-refractivity contribution is 0.398. The Hall–Kier alpha value is -2.08. The van der Waals surface area contributed by atoms with Crippen LogP contribution in [0.25, 0.3) is 17.0 Å². The fraction of sp³-hybridized carbons (Fsp3) is 0.143. The molecule has 3 rings (SSSR count). The van der Waals surface area contributed by atoms with E-state index >= 15 is 0 Å². The zero-order valence-corrected chi connectivity index (χ0v) is 12.7. The molecule has 0 saturated heterocycles. The average Bonchev–Trinajstić information content (AvgIpc) is 2.77. The van der Waals surface area contributed by atoms with Gasteiger partial charge in [-0.05, 0) is 40.5 Å². The van der Waals surface area contributed by atoms with Crippen LogP contribution in [0.3, 0.4) is 0 Å². The van der Waals surface area contributed by atoms with Gasteiger partial charge in [-0.1, -0.05) is 6.07 Å². The van der Waals surface area contributed by atoms with Crippen molar-refractivity contribution in [3.8, 4) is 17.3 Å². The molecule has 0 aliphatic heterocycles. The number of imidazole rings is 1. The Bertz CT molecular complexity index is 797. The Morgan fingerprint density at radius 2 is 2.10 bits per heavy atom. The molecular formula is C14H13BrN4O. The number of pyridine rings is 2. The van der Waals surface area contributed by atoms with E-state index in [9.17, 15) is 0 Å². The molecule has 3 aromatic rings. The Balaban J connectivity index is 2.23. The van der Waals surface area contributed by atoms with Crippen molar-refractivity contribution in [1.82, 2.24) is 14.4 Å². The van der Waals surface area contributed by atoms with Gasteiger partial charge in [-0.25, -0.2) is 9.97 Å². The molecule has 0 saturated carbocycles. The van der Waals surface area contributed by atoms with Crippen LogP contribution in [0.1, 0.15) is 5.56 Å². The van der Waals surface area contributed by atoms with Gasteiger partial charge < -0.3 is 10.5 Å². The average molecular weight is 333 g/mol. The molecular weight excluding hydrogens is 320 g/mol. The zero-order chi connectivity index (χ0) is 14.3. The molecule has 0 atom stereocenters. The number of nitrogen functional groups attached to an aromatic ring is 1. The highest BCUT2D eigenvalue weighted by atomic mass is 79.9. The first-order valence-corrected chi connectivity index (χ1v) is 6.84. The van der Waals surface area contributed by atoms with E-state index in [4.69, 9.17) is 10.5 Å². The molecule has 0 spiro atoms. The number of halogens is 1. The van der Waals surface area contributed by atoms with Crippen molar-refractivity contribution in [2.24, 2.45) is 0 Å². The number of fused-ring (bicyclic) bond motifs is 1. The van der Waals surface area contributed by atoms with Crippen LogP contribution in [-0.2, 0) is 0 Å². The van der Waals surface area contributed by atoms with Crippen molar-refractivity contribution < 1.29 is 4.74 Å². The third-order valence-corrected chi connectivity index (χ3v) is 3.95. The Morgan fingerprint density at radius 3 is 2.85 bits per heavy atom. The standard InChI is InChI=1S/C14H13BrN4O/c1-8-6-11-18-13(14(16)19(11)7-9(8)15)10-4-3-5-12(17-10)20-2/h3-7H,16H2,1-2H3. The second-order valence-corrected chi connectivity index (χ2v) is 5.30. The van der Waals surface area contributed by atoms with Crippen LogP contribution in [0.5, 0.6) is 5.88 Å². The van der Waals surface area contributed by atoms with E-state index in [2.05, 4.69) is 25.9 Å². The number of aromatic nitrogens is 3. The smallest absolute Gasteiger partial charge is 0.213 e. The van der Waals surface area contributed by atoms with Crippen molar-refractivity contribution in [1.29, 1.82) is 0 Å². The van der Waals surface area contributed by atoms with Crippen LogP contribution in [-0.4, -0.2) is 21.5 Å². The van der Waals surface area contributed by atoms with Crippen LogP contribution < -0.4 is 10.5 Å². The van der Waals surface area contributed by atoms with Crippen LogP contribution in [0.2, 0.25) is 0 Å². The number of ether oxygens (including phenoxy) is 1. The van der Waals surface area contributed by atoms with E-state index in [-0.39, 0.29) is 0 Å². The largest absolute Gasteiger partial charge is 0.481 e. The molecule has 102 valence electrons. The van der Waals surface area contributed by atoms with Gasteiger partial charge in [0.15, 0.2) is 0 Å². The third kappa shape index (κ3) is 2.02. The molecule has 3 heterocycles. The van der Waals surface area contributed by atoms with Gasteiger partial charge in [-0.2, -0.15) is 0 Å². The first-order chi connectivity index (χ1) is 9.60. The predicted octanol–water partition coefficient (Wildman–Crippen LogP) is 3.06. The summed E-state index contributed by atoms with van der Waals surface area (Å²) in [5.74, 6) is 1.10. The number of anilines is 1. The summed E-state index contributed by atoms with van der Waals surface area (Å²) in [5.41, 5.74) is 9.43. The fourth-order valence-corrected chi connectivity index (χ4v) is 2.35. The van der Waals surface area contributed by atoms with E-state index in [1.54, 1.807) is 13.2 Å². The van der Waals surface area contributed by atoms with Crippen LogP contribution in [0, 0.1) is 6.92 Å². The highest BCUT2D eigenvalue weighted by Crippen LogP contribution is 2.28. The Kier molecular flexibility index (Phi) is 3.10. The molecule has 5 nitrogen and oxygen atoms in total. The highest BCUT2D eigenvalue weighted by Gasteiger charge is 2.14. The van der Waals surface area contributed by atoms with Crippen LogP contribution in [0.4, 0.5) is 5.82 Å². The summed E-state index contributed by atoms with van der Waals surface area (Å²) in [6, 6.07) is 7.49. The lowest BCUT2D eigenvalue weighted by Crippen LogP contribution is -1.96. The van der Waals surface area contributed by atoms with E-state index in [0.29, 0.717) is 23.1 Å². The molecule has 0 amide bonds. The number of rotatable bonds is 2. The monoisotopic (exact) mass is 332 g/mol. The summed E-state index contributed by atoms with van der Waals surface area (Å²) in [6.07, 6.45) is 1.91. The molecule has 0 aliphatic rings. The normalized spacial score (nSPS) is 10.9. The van der Waals surface area contributed by atoms with E-state index < -0.39 is 0 Å². The second-order valence-electron chi connectivity index (χ2n) is 4.44. The highest BCUT2D eigenvalue weighted by molar-refractivity contribution is 9.10. The number of nitrogens with zero attached hydrogens (tertiary/aromatic N) is 3. The summed E-state index contributed by atoms with van der Waals surface area (Å²) in [7, 11) is 1.58. The number of methoxy groups -OCH3 is 1. The first-order valence-electron chi connectivity index (χ1n) is 6.05. The molecule has 0 unspecified atom stereocenters. The summed E-state index contributed by atoms with van der Waals surface area (Å²) in [5, 5.41) is 0. The van der Waals surface area contributed by atoms with Gasteiger partial charge in [0.1, 0.15) is 17.2 Å². The number of hydrogen-bond acceptors (Lipinski definition) is 4. The minimum atomic E-state index is 0.538. The molecule has 0 aliphatic carbocycles. The van der Waals surface area contributed by atoms with Gasteiger partial charge in [0.25, 0.3) is 0 Å². The molecule has 20 heavy (non-hydrogen) atoms. The Labute approximate surface area is 124 Å². The van der Waals surface area contributed by atoms with Crippen LogP contribution in [0.15, 0.2) is 34.9 Å². The van der Waals surface area contributed by atoms with Crippen molar-refractivity contribution in [3.05, 3.63) is 40.5 Å². The number of nitrogens with two attached hydrogens (primary N) is 1. The number of hydrogen-bond donors (Lipinski definition) is 1. The fourth-order valence-electron chi connectivity index (χ4n) is 2.03. The lowest BCUT2D eigenvalue weighted by Gasteiger charge is -2.02. The molecule has 0 radical (unpaired) electrons. The van der Waals surface area contributed by atoms with E-state index in [1.165, 1.54) is 0 Å². The van der Waals surface area contributed by atoms with E-state index in [0.717, 1.165) is 15.7 Å². The van der Waals surface area contributed by atoms with Crippen molar-refractivity contribution in [3.63, 3.8) is 0 Å². The molecule has 0 aromatic carbocycles. The van der Waals surface area contributed by atoms with Gasteiger partial charge in [0, 0.05) is 16.7 Å². The molecule has 6 heteroatoms. The molecule has 2 N–H and O–H groups in total. The number of aryl methyl sites for hydroxylation is 1. The summed E-state index contributed by atoms with van der Waals surface area (Å²) < 4.78 is 7.96. The first kappa shape index (κ1) is 12.9. The molecule has 0 fully saturated rings. The van der Waals surface area contributed by atoms with Crippen molar-refractivity contribution >= 4 is 27.4 Å². The van der Waals surface area contributed by atoms with Gasteiger partial charge in [-0.15, -0.1) is 0 Å². The quantitative estimate of drug-likeness (QED) is 0.783. The minimum Gasteiger partial charge on any atom is -0.481 e. The van der Waals surface area contributed by atoms with Crippen molar-refractivity contribution in [2.45, 2.75) is 6.92 Å². The predicted molar refractivity (Wildman–Crippen MR) is 81.8 cm³/mol. The maximum absolute atomic E-state index is 6.18. The van der Waals surface area contributed by atoms with E-state index in [1.807, 2.05) is 35.7 Å². The second kappa shape index (κ2) is 4.79. The maximum atomic E-state index is 6.18. The SMILES string of the molecule is COc1cccc(-c2nc3cc(C)c(Br)cn3c2N)n1. The molecule has 3 aromatic heterocycles. The summed E-state index contributed by atoms with van der Waals surface area (Å²) in [4.78, 5) is 8.93. The van der Waals surface area contributed by atoms with Crippen LogP contribution >= 0.6 is 15.9 Å². The van der Waals surface area contributed by atoms with Gasteiger partial charge in [0.05, 0.1) is 12.8 Å². The topological polar surface area (TPSA) is 65.4 Å². The zero-order valence-electron chi connectivity index (χ0n) is 11.1. The summed E-state index contributed by atoms with van der Waals surface area (Å²) >= 11 is 3.50. The molecule has 0 bridgehead atoms. The maximum Gasteiger partial charge on any atom is 0.213 e. The van der Waals surface area contributed by atoms with Gasteiger partial charge >= 0.3 is 0 Å². The summed E-state index contributed by atoms with van der Waals surface area (Å²) in [6.45, 7) is 2.01. The van der Waals surface area contributed by atoms with Gasteiger partial charge in [0.2, 0.25) is 5.88 Å². The Morgan fingerprint density at radius 1 is 1.30 bits per heavy atom. The van der Waals surface area contributed by atoms with Crippen molar-refractivity contribution in [2.75, 3.05) is 12.8 Å².